The van der Waals surface area contributed by atoms with Gasteiger partial charge in [0.2, 0.25) is 0 Å². The minimum atomic E-state index is 1.05. The topological polar surface area (TPSA) is 4.93 Å². The van der Waals surface area contributed by atoms with Crippen molar-refractivity contribution in [3.63, 3.8) is 0 Å². The Morgan fingerprint density at radius 3 is 1.88 bits per heavy atom. The van der Waals surface area contributed by atoms with Crippen LogP contribution in [0.3, 0.4) is 0 Å². The third-order valence-corrected chi connectivity index (χ3v) is 2.56. The maximum atomic E-state index is 3.84. The number of hydrogen-bond donors (Lipinski definition) is 0. The first-order chi connectivity index (χ1) is 7.71. The summed E-state index contributed by atoms with van der Waals surface area (Å²) in [4.78, 5) is 0. The Labute approximate surface area is 97.4 Å². The van der Waals surface area contributed by atoms with Crippen LogP contribution in [0.25, 0.3) is 24.3 Å². The molecule has 1 heterocycles. The lowest BCUT2D eigenvalue weighted by Gasteiger charge is -2.00. The van der Waals surface area contributed by atoms with E-state index < -0.39 is 0 Å². The zero-order valence-electron chi connectivity index (χ0n) is 9.74. The van der Waals surface area contributed by atoms with E-state index in [0.29, 0.717) is 0 Å². The molecule has 1 rings (SSSR count). The number of aromatic nitrogens is 1. The lowest BCUT2D eigenvalue weighted by Crippen LogP contribution is -1.93. The van der Waals surface area contributed by atoms with Gasteiger partial charge in [0, 0.05) is 29.6 Å². The van der Waals surface area contributed by atoms with Crippen molar-refractivity contribution in [1.29, 1.82) is 0 Å². The van der Waals surface area contributed by atoms with E-state index in [0.717, 1.165) is 22.5 Å². The zero-order chi connectivity index (χ0) is 12.1. The molecule has 0 amide bonds. The molecular weight excluding hydrogens is 194 g/mol. The van der Waals surface area contributed by atoms with E-state index in [9.17, 15) is 0 Å². The molecule has 0 fully saturated rings. The monoisotopic (exact) mass is 211 g/mol. The lowest BCUT2D eigenvalue weighted by molar-refractivity contribution is 0.901. The molecule has 1 aromatic heterocycles. The molecule has 16 heavy (non-hydrogen) atoms. The van der Waals surface area contributed by atoms with Crippen molar-refractivity contribution in [2.75, 3.05) is 0 Å². The Morgan fingerprint density at radius 2 is 1.44 bits per heavy atom. The van der Waals surface area contributed by atoms with Crippen LogP contribution in [0.1, 0.15) is 22.5 Å². The molecular formula is C15H17N. The van der Waals surface area contributed by atoms with Gasteiger partial charge in [-0.15, -0.1) is 0 Å². The van der Waals surface area contributed by atoms with Gasteiger partial charge in [-0.25, -0.2) is 0 Å². The minimum Gasteiger partial charge on any atom is -0.344 e. The first-order valence-electron chi connectivity index (χ1n) is 5.10. The zero-order valence-corrected chi connectivity index (χ0v) is 9.74. The predicted molar refractivity (Wildman–Crippen MR) is 74.9 cm³/mol. The molecule has 1 aromatic rings. The lowest BCUT2D eigenvalue weighted by atomic mass is 10.1. The van der Waals surface area contributed by atoms with Crippen molar-refractivity contribution < 1.29 is 0 Å². The first kappa shape index (κ1) is 12.1. The van der Waals surface area contributed by atoms with Crippen molar-refractivity contribution in [3.8, 4) is 0 Å². The third-order valence-electron chi connectivity index (χ3n) is 2.56. The maximum Gasteiger partial charge on any atom is 0.0488 e. The average molecular weight is 211 g/mol. The summed E-state index contributed by atoms with van der Waals surface area (Å²) in [6, 6.07) is 0. The van der Waals surface area contributed by atoms with Crippen LogP contribution in [-0.4, -0.2) is 4.57 Å². The molecule has 0 atom stereocenters. The van der Waals surface area contributed by atoms with E-state index in [1.54, 1.807) is 6.08 Å². The van der Waals surface area contributed by atoms with Crippen LogP contribution in [0.15, 0.2) is 38.5 Å². The molecule has 0 saturated heterocycles. The van der Waals surface area contributed by atoms with Gasteiger partial charge in [-0.3, -0.25) is 0 Å². The van der Waals surface area contributed by atoms with Crippen molar-refractivity contribution >= 4 is 24.3 Å². The molecule has 0 N–H and O–H groups in total. The highest BCUT2D eigenvalue weighted by molar-refractivity contribution is 5.78. The highest BCUT2D eigenvalue weighted by atomic mass is 15.0. The molecule has 0 aromatic carbocycles. The van der Waals surface area contributed by atoms with Crippen molar-refractivity contribution in [2.24, 2.45) is 7.05 Å². The summed E-state index contributed by atoms with van der Waals surface area (Å²) < 4.78 is 2.07. The average Bonchev–Trinajstić information content (AvgIpc) is 2.57. The second-order valence-electron chi connectivity index (χ2n) is 3.36. The van der Waals surface area contributed by atoms with Gasteiger partial charge >= 0.3 is 0 Å². The molecule has 1 nitrogen and oxygen atoms in total. The number of hydrogen-bond acceptors (Lipinski definition) is 0. The summed E-state index contributed by atoms with van der Waals surface area (Å²) in [5.74, 6) is 0. The quantitative estimate of drug-likeness (QED) is 0.645. The van der Waals surface area contributed by atoms with E-state index in [4.69, 9.17) is 0 Å². The van der Waals surface area contributed by atoms with Gasteiger partial charge in [0.05, 0.1) is 0 Å². The fourth-order valence-corrected chi connectivity index (χ4v) is 1.80. The Bertz CT molecular complexity index is 470. The fourth-order valence-electron chi connectivity index (χ4n) is 1.80. The predicted octanol–water partition coefficient (Wildman–Crippen LogP) is 4.15. The Morgan fingerprint density at radius 1 is 0.875 bits per heavy atom. The molecule has 1 heteroatoms. The first-order valence-corrected chi connectivity index (χ1v) is 5.10. The standard InChI is InChI=1S/C15H17N/c1-6-10-11-15-13(8-3)12(7-2)14(9-4)16(15)5/h6-11H,1-4H2,5H3/b11-10-. The van der Waals surface area contributed by atoms with Gasteiger partial charge in [-0.05, 0) is 12.2 Å². The van der Waals surface area contributed by atoms with Crippen LogP contribution >= 0.6 is 0 Å². The van der Waals surface area contributed by atoms with Crippen LogP contribution in [0.2, 0.25) is 0 Å². The molecule has 0 aliphatic rings. The van der Waals surface area contributed by atoms with Gasteiger partial charge in [0.25, 0.3) is 0 Å². The van der Waals surface area contributed by atoms with Crippen LogP contribution in [0.5, 0.6) is 0 Å². The van der Waals surface area contributed by atoms with Crippen LogP contribution in [0, 0.1) is 0 Å². The Hall–Kier alpha value is -2.02. The third kappa shape index (κ3) is 1.84. The summed E-state index contributed by atoms with van der Waals surface area (Å²) in [6.07, 6.45) is 11.2. The van der Waals surface area contributed by atoms with Crippen molar-refractivity contribution in [3.05, 3.63) is 61.0 Å². The Kier molecular flexibility index (Phi) is 3.90. The molecule has 0 bridgehead atoms. The second kappa shape index (κ2) is 5.17. The van der Waals surface area contributed by atoms with E-state index in [1.807, 2.05) is 37.4 Å². The SMILES string of the molecule is C=C/C=C\c1c(C=C)c(C=C)c(C=C)n1C. The molecule has 0 spiro atoms. The number of rotatable bonds is 5. The molecule has 82 valence electrons. The van der Waals surface area contributed by atoms with Crippen LogP contribution in [-0.2, 0) is 7.05 Å². The molecule has 0 aliphatic heterocycles. The highest BCUT2D eigenvalue weighted by Gasteiger charge is 2.12. The van der Waals surface area contributed by atoms with Crippen molar-refractivity contribution in [1.82, 2.24) is 4.57 Å². The maximum absolute atomic E-state index is 3.84. The summed E-state index contributed by atoms with van der Waals surface area (Å²) in [5, 5.41) is 0. The van der Waals surface area contributed by atoms with Gasteiger partial charge in [0.1, 0.15) is 0 Å². The second-order valence-corrected chi connectivity index (χ2v) is 3.36. The fraction of sp³-hybridized carbons (Fsp3) is 0.0667. The minimum absolute atomic E-state index is 1.05. The summed E-state index contributed by atoms with van der Waals surface area (Å²) in [6.45, 7) is 15.2. The van der Waals surface area contributed by atoms with Crippen LogP contribution in [0.4, 0.5) is 0 Å². The smallest absolute Gasteiger partial charge is 0.0488 e. The molecule has 0 aliphatic carbocycles. The van der Waals surface area contributed by atoms with Crippen LogP contribution < -0.4 is 0 Å². The van der Waals surface area contributed by atoms with E-state index in [1.165, 1.54) is 0 Å². The van der Waals surface area contributed by atoms with Gasteiger partial charge in [0.15, 0.2) is 0 Å². The van der Waals surface area contributed by atoms with Gasteiger partial charge < -0.3 is 4.57 Å². The Balaban J connectivity index is 3.58. The summed E-state index contributed by atoms with van der Waals surface area (Å²) in [7, 11) is 2.00. The number of nitrogens with zero attached hydrogens (tertiary/aromatic N) is 1. The molecule has 0 radical (unpaired) electrons. The largest absolute Gasteiger partial charge is 0.344 e. The van der Waals surface area contributed by atoms with Gasteiger partial charge in [-0.2, -0.15) is 0 Å². The van der Waals surface area contributed by atoms with Gasteiger partial charge in [-0.1, -0.05) is 50.6 Å². The summed E-state index contributed by atoms with van der Waals surface area (Å²) >= 11 is 0. The van der Waals surface area contributed by atoms with E-state index in [-0.39, 0.29) is 0 Å². The summed E-state index contributed by atoms with van der Waals surface area (Å²) in [5.41, 5.74) is 4.27. The van der Waals surface area contributed by atoms with E-state index in [2.05, 4.69) is 30.9 Å². The van der Waals surface area contributed by atoms with E-state index >= 15 is 0 Å². The van der Waals surface area contributed by atoms with Crippen molar-refractivity contribution in [2.45, 2.75) is 0 Å². The highest BCUT2D eigenvalue weighted by Crippen LogP contribution is 2.26. The molecule has 0 unspecified atom stereocenters. The molecule has 0 saturated carbocycles. The number of allylic oxidation sites excluding steroid dienone is 2. The normalized spacial score (nSPS) is 10.3.